The second kappa shape index (κ2) is 6.27. The van der Waals surface area contributed by atoms with Crippen LogP contribution in [0, 0.1) is 0 Å². The Balaban J connectivity index is 1.37. The number of piperidine rings is 1. The number of nitrogens with zero attached hydrogens (tertiary/aromatic N) is 6. The average Bonchev–Trinajstić information content (AvgIpc) is 3.19. The fraction of sp³-hybridized carbons (Fsp3) is 0.389. The number of benzene rings is 1. The van der Waals surface area contributed by atoms with E-state index >= 15 is 0 Å². The zero-order valence-corrected chi connectivity index (χ0v) is 14.6. The largest absolute Gasteiger partial charge is 0.370 e. The Bertz CT molecular complexity index is 1070. The van der Waals surface area contributed by atoms with Crippen molar-refractivity contribution in [3.8, 4) is 0 Å². The van der Waals surface area contributed by atoms with Crippen LogP contribution in [0.25, 0.3) is 10.8 Å². The number of carbonyl (C=O) groups is 1. The van der Waals surface area contributed by atoms with Gasteiger partial charge < -0.3 is 9.64 Å². The van der Waals surface area contributed by atoms with E-state index < -0.39 is 0 Å². The van der Waals surface area contributed by atoms with Crippen molar-refractivity contribution in [2.75, 3.05) is 13.1 Å². The smallest absolute Gasteiger partial charge is 0.275 e. The van der Waals surface area contributed by atoms with Crippen LogP contribution in [0.2, 0.25) is 0 Å². The van der Waals surface area contributed by atoms with Crippen molar-refractivity contribution in [2.24, 2.45) is 0 Å². The molecule has 0 bridgehead atoms. The molecule has 0 saturated carbocycles. The number of aromatic nitrogens is 5. The molecular formula is C18H18N6O3. The molecule has 138 valence electrons. The van der Waals surface area contributed by atoms with Gasteiger partial charge in [0, 0.05) is 18.5 Å². The van der Waals surface area contributed by atoms with Crippen LogP contribution in [0.3, 0.4) is 0 Å². The lowest BCUT2D eigenvalue weighted by atomic mass is 10.0. The molecule has 1 aromatic carbocycles. The Hall–Kier alpha value is -3.07. The average molecular weight is 366 g/mol. The van der Waals surface area contributed by atoms with Crippen LogP contribution in [0.15, 0.2) is 41.5 Å². The summed E-state index contributed by atoms with van der Waals surface area (Å²) in [5, 5.41) is 13.6. The molecule has 1 fully saturated rings. The summed E-state index contributed by atoms with van der Waals surface area (Å²) in [5.41, 5.74) is 0.661. The molecule has 0 radical (unpaired) electrons. The predicted octanol–water partition coefficient (Wildman–Crippen LogP) is 0.360. The molecule has 9 nitrogen and oxygen atoms in total. The molecule has 0 unspecified atom stereocenters. The Morgan fingerprint density at radius 2 is 2.15 bits per heavy atom. The van der Waals surface area contributed by atoms with Crippen LogP contribution in [0.4, 0.5) is 0 Å². The summed E-state index contributed by atoms with van der Waals surface area (Å²) in [6.07, 6.45) is 4.07. The molecular weight excluding hydrogens is 348 g/mol. The van der Waals surface area contributed by atoms with Gasteiger partial charge in [0.25, 0.3) is 5.56 Å². The lowest BCUT2D eigenvalue weighted by Crippen LogP contribution is -2.51. The van der Waals surface area contributed by atoms with Crippen LogP contribution >= 0.6 is 0 Å². The third-order valence-electron chi connectivity index (χ3n) is 5.33. The fourth-order valence-electron chi connectivity index (χ4n) is 3.87. The molecule has 4 heterocycles. The van der Waals surface area contributed by atoms with Crippen LogP contribution < -0.4 is 5.56 Å². The Morgan fingerprint density at radius 3 is 3.07 bits per heavy atom. The summed E-state index contributed by atoms with van der Waals surface area (Å²) < 4.78 is 8.96. The summed E-state index contributed by atoms with van der Waals surface area (Å²) in [5.74, 6) is -0.134. The molecule has 5 rings (SSSR count). The minimum atomic E-state index is -0.254. The number of rotatable bonds is 2. The van der Waals surface area contributed by atoms with Crippen molar-refractivity contribution in [3.05, 3.63) is 52.7 Å². The normalized spacial score (nSPS) is 21.7. The first-order valence-electron chi connectivity index (χ1n) is 8.94. The molecule has 3 aromatic rings. The first-order valence-corrected chi connectivity index (χ1v) is 8.94. The molecule has 0 aliphatic carbocycles. The number of fused-ring (bicyclic) bond motifs is 4. The minimum Gasteiger partial charge on any atom is -0.370 e. The second-order valence-corrected chi connectivity index (χ2v) is 6.91. The van der Waals surface area contributed by atoms with Crippen LogP contribution in [0.5, 0.6) is 0 Å². The Labute approximate surface area is 154 Å². The minimum absolute atomic E-state index is 0.0322. The molecule has 0 N–H and O–H groups in total. The van der Waals surface area contributed by atoms with Gasteiger partial charge in [-0.05, 0) is 12.5 Å². The third kappa shape index (κ3) is 2.71. The lowest BCUT2D eigenvalue weighted by molar-refractivity contribution is -0.138. The third-order valence-corrected chi connectivity index (χ3v) is 5.33. The van der Waals surface area contributed by atoms with Crippen LogP contribution in [-0.4, -0.2) is 54.8 Å². The highest BCUT2D eigenvalue weighted by Crippen LogP contribution is 2.30. The number of ether oxygens (including phenoxy) is 1. The monoisotopic (exact) mass is 366 g/mol. The summed E-state index contributed by atoms with van der Waals surface area (Å²) in [4.78, 5) is 27.2. The van der Waals surface area contributed by atoms with E-state index in [0.29, 0.717) is 25.1 Å². The highest BCUT2D eigenvalue weighted by Gasteiger charge is 2.37. The topological polar surface area (TPSA) is 95.1 Å². The SMILES string of the molecule is O=C(Cn1ncc2ccccc2c1=O)N1CC[C@@H]2OCc3cnnn3[C@H]2C1. The highest BCUT2D eigenvalue weighted by atomic mass is 16.5. The van der Waals surface area contributed by atoms with Gasteiger partial charge in [-0.1, -0.05) is 23.4 Å². The van der Waals surface area contributed by atoms with Crippen molar-refractivity contribution in [1.82, 2.24) is 29.7 Å². The Morgan fingerprint density at radius 1 is 1.26 bits per heavy atom. The summed E-state index contributed by atoms with van der Waals surface area (Å²) in [6.45, 7) is 1.50. The summed E-state index contributed by atoms with van der Waals surface area (Å²) >= 11 is 0. The second-order valence-electron chi connectivity index (χ2n) is 6.91. The van der Waals surface area contributed by atoms with Gasteiger partial charge in [0.2, 0.25) is 5.91 Å². The van der Waals surface area contributed by atoms with E-state index in [-0.39, 0.29) is 30.2 Å². The van der Waals surface area contributed by atoms with E-state index in [1.807, 2.05) is 16.8 Å². The highest BCUT2D eigenvalue weighted by molar-refractivity contribution is 5.81. The van der Waals surface area contributed by atoms with Gasteiger partial charge in [-0.25, -0.2) is 9.36 Å². The Kier molecular flexibility index (Phi) is 3.75. The maximum absolute atomic E-state index is 12.8. The molecule has 9 heteroatoms. The van der Waals surface area contributed by atoms with Gasteiger partial charge in [-0.2, -0.15) is 5.10 Å². The lowest BCUT2D eigenvalue weighted by Gasteiger charge is -2.41. The first kappa shape index (κ1) is 16.1. The number of amides is 1. The van der Waals surface area contributed by atoms with Crippen molar-refractivity contribution >= 4 is 16.7 Å². The van der Waals surface area contributed by atoms with Crippen LogP contribution in [0.1, 0.15) is 18.2 Å². The first-order chi connectivity index (χ1) is 13.2. The van der Waals surface area contributed by atoms with E-state index in [4.69, 9.17) is 4.74 Å². The van der Waals surface area contributed by atoms with Gasteiger partial charge in [0.05, 0.1) is 42.2 Å². The number of hydrogen-bond acceptors (Lipinski definition) is 6. The van der Waals surface area contributed by atoms with E-state index in [2.05, 4.69) is 15.4 Å². The van der Waals surface area contributed by atoms with Gasteiger partial charge in [-0.15, -0.1) is 5.10 Å². The van der Waals surface area contributed by atoms with Gasteiger partial charge in [0.15, 0.2) is 0 Å². The molecule has 0 spiro atoms. The van der Waals surface area contributed by atoms with Gasteiger partial charge in [0.1, 0.15) is 6.54 Å². The van der Waals surface area contributed by atoms with Gasteiger partial charge in [-0.3, -0.25) is 9.59 Å². The quantitative estimate of drug-likeness (QED) is 0.650. The van der Waals surface area contributed by atoms with E-state index in [9.17, 15) is 9.59 Å². The fourth-order valence-corrected chi connectivity index (χ4v) is 3.87. The molecule has 27 heavy (non-hydrogen) atoms. The van der Waals surface area contributed by atoms with Gasteiger partial charge >= 0.3 is 0 Å². The number of likely N-dealkylation sites (tertiary alicyclic amines) is 1. The van der Waals surface area contributed by atoms with E-state index in [1.54, 1.807) is 29.4 Å². The number of hydrogen-bond donors (Lipinski definition) is 0. The number of carbonyl (C=O) groups excluding carboxylic acids is 1. The van der Waals surface area contributed by atoms with Crippen LogP contribution in [-0.2, 0) is 22.7 Å². The molecule has 2 aliphatic rings. The predicted molar refractivity (Wildman–Crippen MR) is 94.8 cm³/mol. The standard InChI is InChI=1S/C18H18N6O3/c25-17(10-23-18(26)14-4-2-1-3-12(14)7-20-23)22-6-5-16-15(9-22)24-13(11-27-16)8-19-21-24/h1-4,7-8,15-16H,5-6,9-11H2/t15-,16-/m0/s1. The van der Waals surface area contributed by atoms with E-state index in [1.165, 1.54) is 4.68 Å². The molecule has 2 aliphatic heterocycles. The van der Waals surface area contributed by atoms with Crippen molar-refractivity contribution in [2.45, 2.75) is 31.7 Å². The van der Waals surface area contributed by atoms with Crippen molar-refractivity contribution in [3.63, 3.8) is 0 Å². The molecule has 2 atom stereocenters. The molecule has 1 amide bonds. The molecule has 2 aromatic heterocycles. The maximum Gasteiger partial charge on any atom is 0.275 e. The summed E-state index contributed by atoms with van der Waals surface area (Å²) in [6, 6.07) is 7.19. The van der Waals surface area contributed by atoms with Crippen molar-refractivity contribution in [1.29, 1.82) is 0 Å². The zero-order chi connectivity index (χ0) is 18.4. The maximum atomic E-state index is 12.8. The zero-order valence-electron chi connectivity index (χ0n) is 14.6. The molecule has 1 saturated heterocycles. The van der Waals surface area contributed by atoms with E-state index in [0.717, 1.165) is 17.5 Å². The summed E-state index contributed by atoms with van der Waals surface area (Å²) in [7, 11) is 0. The van der Waals surface area contributed by atoms with Crippen molar-refractivity contribution < 1.29 is 9.53 Å².